The van der Waals surface area contributed by atoms with Crippen molar-refractivity contribution in [1.29, 1.82) is 0 Å². The number of carbonyl (C=O) groups is 1. The largest absolute Gasteiger partial charge is 0.491 e. The second kappa shape index (κ2) is 8.54. The second-order valence-corrected chi connectivity index (χ2v) is 7.78. The summed E-state index contributed by atoms with van der Waals surface area (Å²) in [6, 6.07) is 4.42. The molecule has 0 aromatic heterocycles. The quantitative estimate of drug-likeness (QED) is 0.813. The molecule has 1 heterocycles. The number of methoxy groups -OCH3 is 1. The molecule has 150 valence electrons. The van der Waals surface area contributed by atoms with Gasteiger partial charge in [0.2, 0.25) is 0 Å². The van der Waals surface area contributed by atoms with Gasteiger partial charge in [-0.3, -0.25) is 4.79 Å². The van der Waals surface area contributed by atoms with Crippen LogP contribution in [-0.4, -0.2) is 75.3 Å². The zero-order chi connectivity index (χ0) is 19.6. The first kappa shape index (κ1) is 20.0. The SMILES string of the molecule is CO[C@@H]1C[C@H]2CN(C(=O)c3cc(F)ccc3OCCN)C[C@H]2C[C@H]1N(C)C. The number of likely N-dealkylation sites (tertiary alicyclic amines) is 1. The minimum Gasteiger partial charge on any atom is -0.491 e. The normalized spacial score (nSPS) is 27.7. The molecule has 0 spiro atoms. The Kier molecular flexibility index (Phi) is 6.34. The molecule has 6 nitrogen and oxygen atoms in total. The molecule has 0 radical (unpaired) electrons. The average Bonchev–Trinajstić information content (AvgIpc) is 3.08. The fraction of sp³-hybridized carbons (Fsp3) is 0.650. The number of nitrogens with two attached hydrogens (primary N) is 1. The van der Waals surface area contributed by atoms with Gasteiger partial charge in [0.05, 0.1) is 11.7 Å². The zero-order valence-corrected chi connectivity index (χ0v) is 16.4. The van der Waals surface area contributed by atoms with E-state index in [0.29, 0.717) is 43.3 Å². The highest BCUT2D eigenvalue weighted by Crippen LogP contribution is 2.39. The Labute approximate surface area is 160 Å². The maximum atomic E-state index is 13.8. The predicted octanol–water partition coefficient (Wildman–Crippen LogP) is 1.59. The first-order valence-corrected chi connectivity index (χ1v) is 9.55. The molecule has 1 aromatic carbocycles. The summed E-state index contributed by atoms with van der Waals surface area (Å²) in [5.41, 5.74) is 5.76. The van der Waals surface area contributed by atoms with Crippen LogP contribution in [0.3, 0.4) is 0 Å². The summed E-state index contributed by atoms with van der Waals surface area (Å²) in [6.07, 6.45) is 2.11. The van der Waals surface area contributed by atoms with Gasteiger partial charge in [-0.05, 0) is 57.0 Å². The number of fused-ring (bicyclic) bond motifs is 1. The molecule has 2 aliphatic rings. The van der Waals surface area contributed by atoms with Gasteiger partial charge in [-0.25, -0.2) is 4.39 Å². The summed E-state index contributed by atoms with van der Waals surface area (Å²) in [4.78, 5) is 17.1. The van der Waals surface area contributed by atoms with E-state index < -0.39 is 5.82 Å². The monoisotopic (exact) mass is 379 g/mol. The summed E-state index contributed by atoms with van der Waals surface area (Å²) in [7, 11) is 5.90. The number of halogens is 1. The molecule has 1 amide bonds. The first-order valence-electron chi connectivity index (χ1n) is 9.55. The van der Waals surface area contributed by atoms with Gasteiger partial charge in [0.15, 0.2) is 0 Å². The number of amides is 1. The predicted molar refractivity (Wildman–Crippen MR) is 101 cm³/mol. The van der Waals surface area contributed by atoms with Gasteiger partial charge in [-0.2, -0.15) is 0 Å². The van der Waals surface area contributed by atoms with Gasteiger partial charge in [0.1, 0.15) is 18.2 Å². The van der Waals surface area contributed by atoms with Crippen molar-refractivity contribution in [3.8, 4) is 5.75 Å². The molecule has 1 saturated carbocycles. The van der Waals surface area contributed by atoms with E-state index in [1.807, 2.05) is 4.90 Å². The number of likely N-dealkylation sites (N-methyl/N-ethyl adjacent to an activating group) is 1. The van der Waals surface area contributed by atoms with E-state index in [2.05, 4.69) is 19.0 Å². The maximum absolute atomic E-state index is 13.8. The van der Waals surface area contributed by atoms with E-state index >= 15 is 0 Å². The molecule has 2 N–H and O–H groups in total. The fourth-order valence-electron chi connectivity index (χ4n) is 4.49. The van der Waals surface area contributed by atoms with Crippen LogP contribution in [0.25, 0.3) is 0 Å². The van der Waals surface area contributed by atoms with Crippen LogP contribution in [0.15, 0.2) is 18.2 Å². The lowest BCUT2D eigenvalue weighted by Gasteiger charge is -2.40. The lowest BCUT2D eigenvalue weighted by Crippen LogP contribution is -2.47. The molecule has 0 bridgehead atoms. The first-order chi connectivity index (χ1) is 12.9. The topological polar surface area (TPSA) is 68.0 Å². The molecule has 7 heteroatoms. The van der Waals surface area contributed by atoms with Crippen LogP contribution in [-0.2, 0) is 4.74 Å². The van der Waals surface area contributed by atoms with E-state index in [0.717, 1.165) is 12.8 Å². The highest BCUT2D eigenvalue weighted by atomic mass is 19.1. The number of benzene rings is 1. The van der Waals surface area contributed by atoms with E-state index in [1.54, 1.807) is 7.11 Å². The Bertz CT molecular complexity index is 670. The molecule has 3 rings (SSSR count). The third-order valence-electron chi connectivity index (χ3n) is 5.89. The Hall–Kier alpha value is -1.70. The van der Waals surface area contributed by atoms with Crippen molar-refractivity contribution in [1.82, 2.24) is 9.80 Å². The van der Waals surface area contributed by atoms with Crippen molar-refractivity contribution < 1.29 is 18.7 Å². The highest BCUT2D eigenvalue weighted by Gasteiger charge is 2.44. The van der Waals surface area contributed by atoms with Gasteiger partial charge < -0.3 is 25.0 Å². The van der Waals surface area contributed by atoms with Gasteiger partial charge in [-0.1, -0.05) is 0 Å². The van der Waals surface area contributed by atoms with E-state index in [1.165, 1.54) is 18.2 Å². The summed E-state index contributed by atoms with van der Waals surface area (Å²) in [5, 5.41) is 0. The molecule has 27 heavy (non-hydrogen) atoms. The van der Waals surface area contributed by atoms with Crippen LogP contribution in [0.4, 0.5) is 4.39 Å². The Morgan fingerprint density at radius 2 is 2.00 bits per heavy atom. The van der Waals surface area contributed by atoms with Crippen molar-refractivity contribution in [3.63, 3.8) is 0 Å². The third-order valence-corrected chi connectivity index (χ3v) is 5.89. The van der Waals surface area contributed by atoms with Crippen LogP contribution in [0, 0.1) is 17.7 Å². The van der Waals surface area contributed by atoms with Crippen LogP contribution in [0.2, 0.25) is 0 Å². The number of rotatable bonds is 6. The number of ether oxygens (including phenoxy) is 2. The van der Waals surface area contributed by atoms with E-state index in [-0.39, 0.29) is 24.2 Å². The average molecular weight is 379 g/mol. The van der Waals surface area contributed by atoms with Crippen LogP contribution < -0.4 is 10.5 Å². The van der Waals surface area contributed by atoms with Gasteiger partial charge >= 0.3 is 0 Å². The number of nitrogens with zero attached hydrogens (tertiary/aromatic N) is 2. The molecule has 1 aliphatic heterocycles. The van der Waals surface area contributed by atoms with Gasteiger partial charge in [0.25, 0.3) is 5.91 Å². The van der Waals surface area contributed by atoms with Crippen molar-refractivity contribution >= 4 is 5.91 Å². The van der Waals surface area contributed by atoms with Crippen LogP contribution in [0.5, 0.6) is 5.75 Å². The van der Waals surface area contributed by atoms with E-state index in [4.69, 9.17) is 15.2 Å². The summed E-state index contributed by atoms with van der Waals surface area (Å²) in [5.74, 6) is 0.628. The minimum atomic E-state index is -0.442. The van der Waals surface area contributed by atoms with Gasteiger partial charge in [0, 0.05) is 32.8 Å². The Morgan fingerprint density at radius 1 is 1.30 bits per heavy atom. The zero-order valence-electron chi connectivity index (χ0n) is 16.4. The second-order valence-electron chi connectivity index (χ2n) is 7.78. The summed E-state index contributed by atoms with van der Waals surface area (Å²) >= 11 is 0. The molecular formula is C20H30FN3O3. The Balaban J connectivity index is 1.75. The number of hydrogen-bond acceptors (Lipinski definition) is 5. The lowest BCUT2D eigenvalue weighted by molar-refractivity contribution is -0.0209. The van der Waals surface area contributed by atoms with Gasteiger partial charge in [-0.15, -0.1) is 0 Å². The molecular weight excluding hydrogens is 349 g/mol. The highest BCUT2D eigenvalue weighted by molar-refractivity contribution is 5.97. The van der Waals surface area contributed by atoms with Crippen molar-refractivity contribution in [3.05, 3.63) is 29.6 Å². The molecule has 1 saturated heterocycles. The third kappa shape index (κ3) is 4.25. The van der Waals surface area contributed by atoms with E-state index in [9.17, 15) is 9.18 Å². The maximum Gasteiger partial charge on any atom is 0.257 e. The standard InChI is InChI=1S/C20H30FN3O3/c1-23(2)17-8-13-11-24(12-14(13)9-19(17)26-3)20(25)16-10-15(21)4-5-18(16)27-7-6-22/h4-5,10,13-14,17,19H,6-9,11-12,22H2,1-3H3/t13-,14+,17-,19-/m1/s1. The van der Waals surface area contributed by atoms with Crippen molar-refractivity contribution in [2.75, 3.05) is 47.4 Å². The fourth-order valence-corrected chi connectivity index (χ4v) is 4.49. The number of hydrogen-bond donors (Lipinski definition) is 1. The lowest BCUT2D eigenvalue weighted by atomic mass is 9.77. The number of carbonyl (C=O) groups excluding carboxylic acids is 1. The molecule has 0 unspecified atom stereocenters. The smallest absolute Gasteiger partial charge is 0.257 e. The summed E-state index contributed by atoms with van der Waals surface area (Å²) in [6.45, 7) is 1.99. The van der Waals surface area contributed by atoms with Crippen molar-refractivity contribution in [2.24, 2.45) is 17.6 Å². The summed E-state index contributed by atoms with van der Waals surface area (Å²) < 4.78 is 25.0. The Morgan fingerprint density at radius 3 is 2.63 bits per heavy atom. The molecule has 1 aromatic rings. The van der Waals surface area contributed by atoms with Crippen LogP contribution >= 0.6 is 0 Å². The minimum absolute atomic E-state index is 0.175. The molecule has 2 fully saturated rings. The molecule has 4 atom stereocenters. The van der Waals surface area contributed by atoms with Crippen molar-refractivity contribution in [2.45, 2.75) is 25.0 Å². The van der Waals surface area contributed by atoms with Crippen LogP contribution in [0.1, 0.15) is 23.2 Å². The molecule has 1 aliphatic carbocycles.